The van der Waals surface area contributed by atoms with Crippen LogP contribution < -0.4 is 10.6 Å². The molecule has 0 aromatic carbocycles. The fourth-order valence-corrected chi connectivity index (χ4v) is 2.24. The Bertz CT molecular complexity index is 294. The number of nitrogens with zero attached hydrogens (tertiary/aromatic N) is 1. The fourth-order valence-electron chi connectivity index (χ4n) is 2.24. The second-order valence-electron chi connectivity index (χ2n) is 5.65. The van der Waals surface area contributed by atoms with E-state index in [1.807, 2.05) is 18.7 Å². The van der Waals surface area contributed by atoms with Crippen molar-refractivity contribution >= 4 is 11.9 Å². The van der Waals surface area contributed by atoms with Crippen molar-refractivity contribution in [1.29, 1.82) is 0 Å². The Balaban J connectivity index is 1.73. The number of carbonyl (C=O) groups is 2. The van der Waals surface area contributed by atoms with Crippen LogP contribution in [0.4, 0.5) is 4.79 Å². The summed E-state index contributed by atoms with van der Waals surface area (Å²) < 4.78 is 0. The molecular weight excluding hydrogens is 230 g/mol. The summed E-state index contributed by atoms with van der Waals surface area (Å²) in [4.78, 5) is 25.5. The summed E-state index contributed by atoms with van der Waals surface area (Å²) in [6.45, 7) is 5.32. The first-order valence-electron chi connectivity index (χ1n) is 6.92. The van der Waals surface area contributed by atoms with E-state index in [4.69, 9.17) is 0 Å². The highest BCUT2D eigenvalue weighted by atomic mass is 16.2. The molecule has 1 saturated carbocycles. The van der Waals surface area contributed by atoms with Crippen LogP contribution in [0.1, 0.15) is 39.5 Å². The zero-order chi connectivity index (χ0) is 13.1. The topological polar surface area (TPSA) is 61.4 Å². The van der Waals surface area contributed by atoms with Crippen LogP contribution in [0.5, 0.6) is 0 Å². The van der Waals surface area contributed by atoms with E-state index in [0.29, 0.717) is 19.1 Å². The Hall–Kier alpha value is -1.26. The van der Waals surface area contributed by atoms with Gasteiger partial charge in [-0.2, -0.15) is 0 Å². The summed E-state index contributed by atoms with van der Waals surface area (Å²) in [5.74, 6) is 0.199. The summed E-state index contributed by atoms with van der Waals surface area (Å²) in [6.07, 6.45) is 3.77. The highest BCUT2D eigenvalue weighted by Crippen LogP contribution is 2.21. The molecule has 0 unspecified atom stereocenters. The van der Waals surface area contributed by atoms with Crippen molar-refractivity contribution in [2.75, 3.05) is 13.1 Å². The first-order chi connectivity index (χ1) is 8.56. The summed E-state index contributed by atoms with van der Waals surface area (Å²) in [6, 6.07) is 0.633. The normalized spacial score (nSPS) is 20.9. The van der Waals surface area contributed by atoms with E-state index in [0.717, 1.165) is 25.7 Å². The fraction of sp³-hybridized carbons (Fsp3) is 0.846. The van der Waals surface area contributed by atoms with Gasteiger partial charge in [-0.05, 0) is 39.5 Å². The molecule has 1 aliphatic carbocycles. The van der Waals surface area contributed by atoms with Crippen molar-refractivity contribution in [3.8, 4) is 0 Å². The van der Waals surface area contributed by atoms with Gasteiger partial charge in [-0.25, -0.2) is 4.79 Å². The van der Waals surface area contributed by atoms with Gasteiger partial charge in [-0.3, -0.25) is 4.79 Å². The van der Waals surface area contributed by atoms with Crippen molar-refractivity contribution in [1.82, 2.24) is 15.5 Å². The first kappa shape index (κ1) is 13.2. The van der Waals surface area contributed by atoms with E-state index >= 15 is 0 Å². The van der Waals surface area contributed by atoms with E-state index in [-0.39, 0.29) is 23.9 Å². The molecule has 2 fully saturated rings. The number of hydrogen-bond acceptors (Lipinski definition) is 2. The molecule has 1 saturated heterocycles. The van der Waals surface area contributed by atoms with Gasteiger partial charge in [-0.1, -0.05) is 0 Å². The van der Waals surface area contributed by atoms with Crippen molar-refractivity contribution in [3.05, 3.63) is 0 Å². The lowest BCUT2D eigenvalue weighted by molar-refractivity contribution is -0.126. The van der Waals surface area contributed by atoms with Gasteiger partial charge >= 0.3 is 6.03 Å². The zero-order valence-corrected chi connectivity index (χ0v) is 11.2. The van der Waals surface area contributed by atoms with Crippen molar-refractivity contribution in [2.45, 2.75) is 51.6 Å². The number of hydrogen-bond donors (Lipinski definition) is 2. The van der Waals surface area contributed by atoms with Gasteiger partial charge in [0.15, 0.2) is 0 Å². The van der Waals surface area contributed by atoms with Gasteiger partial charge in [0.2, 0.25) is 5.91 Å². The SMILES string of the molecule is CC(C)NC(=O)C1CCN(C(=O)NC2CC2)CC1. The molecule has 1 heterocycles. The van der Waals surface area contributed by atoms with E-state index in [9.17, 15) is 9.59 Å². The van der Waals surface area contributed by atoms with Crippen LogP contribution in [0.25, 0.3) is 0 Å². The minimum atomic E-state index is 0.0419. The molecular formula is C13H23N3O2. The molecule has 0 radical (unpaired) electrons. The van der Waals surface area contributed by atoms with Crippen LogP contribution in [0, 0.1) is 5.92 Å². The standard InChI is InChI=1S/C13H23N3O2/c1-9(2)14-12(17)10-5-7-16(8-6-10)13(18)15-11-3-4-11/h9-11H,3-8H2,1-2H3,(H,14,17)(H,15,18). The monoisotopic (exact) mass is 253 g/mol. The molecule has 102 valence electrons. The predicted octanol–water partition coefficient (Wildman–Crippen LogP) is 1.09. The maximum absolute atomic E-state index is 11.8. The Morgan fingerprint density at radius 3 is 2.22 bits per heavy atom. The van der Waals surface area contributed by atoms with Gasteiger partial charge in [-0.15, -0.1) is 0 Å². The minimum Gasteiger partial charge on any atom is -0.354 e. The molecule has 3 amide bonds. The molecule has 1 aliphatic heterocycles. The van der Waals surface area contributed by atoms with Crippen molar-refractivity contribution in [2.24, 2.45) is 5.92 Å². The summed E-state index contributed by atoms with van der Waals surface area (Å²) >= 11 is 0. The van der Waals surface area contributed by atoms with Crippen molar-refractivity contribution < 1.29 is 9.59 Å². The molecule has 18 heavy (non-hydrogen) atoms. The Morgan fingerprint density at radius 1 is 1.11 bits per heavy atom. The van der Waals surface area contributed by atoms with Gasteiger partial charge < -0.3 is 15.5 Å². The van der Waals surface area contributed by atoms with Gasteiger partial charge in [0.25, 0.3) is 0 Å². The highest BCUT2D eigenvalue weighted by molar-refractivity contribution is 5.80. The molecule has 0 aromatic rings. The molecule has 0 aromatic heterocycles. The van der Waals surface area contributed by atoms with E-state index in [2.05, 4.69) is 10.6 Å². The number of amides is 3. The number of rotatable bonds is 3. The minimum absolute atomic E-state index is 0.0419. The lowest BCUT2D eigenvalue weighted by Gasteiger charge is -2.31. The third-order valence-corrected chi connectivity index (χ3v) is 3.49. The van der Waals surface area contributed by atoms with Gasteiger partial charge in [0.1, 0.15) is 0 Å². The maximum Gasteiger partial charge on any atom is 0.317 e. The smallest absolute Gasteiger partial charge is 0.317 e. The summed E-state index contributed by atoms with van der Waals surface area (Å²) in [5.41, 5.74) is 0. The zero-order valence-electron chi connectivity index (χ0n) is 11.2. The van der Waals surface area contributed by atoms with Gasteiger partial charge in [0, 0.05) is 31.1 Å². The average molecular weight is 253 g/mol. The van der Waals surface area contributed by atoms with E-state index in [1.54, 1.807) is 0 Å². The molecule has 5 nitrogen and oxygen atoms in total. The van der Waals surface area contributed by atoms with Crippen LogP contribution in [-0.2, 0) is 4.79 Å². The van der Waals surface area contributed by atoms with E-state index in [1.165, 1.54) is 0 Å². The first-order valence-corrected chi connectivity index (χ1v) is 6.92. The Kier molecular flexibility index (Phi) is 4.09. The molecule has 0 atom stereocenters. The molecule has 0 spiro atoms. The van der Waals surface area contributed by atoms with Crippen molar-refractivity contribution in [3.63, 3.8) is 0 Å². The van der Waals surface area contributed by atoms with Gasteiger partial charge in [0.05, 0.1) is 0 Å². The summed E-state index contributed by atoms with van der Waals surface area (Å²) in [7, 11) is 0. The van der Waals surface area contributed by atoms with Crippen LogP contribution in [0.15, 0.2) is 0 Å². The Labute approximate surface area is 108 Å². The highest BCUT2D eigenvalue weighted by Gasteiger charge is 2.30. The molecule has 0 bridgehead atoms. The van der Waals surface area contributed by atoms with E-state index < -0.39 is 0 Å². The number of nitrogens with one attached hydrogen (secondary N) is 2. The number of likely N-dealkylation sites (tertiary alicyclic amines) is 1. The largest absolute Gasteiger partial charge is 0.354 e. The number of piperidine rings is 1. The maximum atomic E-state index is 11.8. The third-order valence-electron chi connectivity index (χ3n) is 3.49. The Morgan fingerprint density at radius 2 is 1.72 bits per heavy atom. The molecule has 5 heteroatoms. The summed E-state index contributed by atoms with van der Waals surface area (Å²) in [5, 5.41) is 5.93. The van der Waals surface area contributed by atoms with Crippen LogP contribution >= 0.6 is 0 Å². The lowest BCUT2D eigenvalue weighted by Crippen LogP contribution is -2.48. The molecule has 2 N–H and O–H groups in total. The van der Waals surface area contributed by atoms with Crippen LogP contribution in [-0.4, -0.2) is 42.0 Å². The molecule has 2 rings (SSSR count). The third kappa shape index (κ3) is 3.62. The van der Waals surface area contributed by atoms with Crippen LogP contribution in [0.3, 0.4) is 0 Å². The second-order valence-corrected chi connectivity index (χ2v) is 5.65. The molecule has 2 aliphatic rings. The second kappa shape index (κ2) is 5.59. The van der Waals surface area contributed by atoms with Crippen LogP contribution in [0.2, 0.25) is 0 Å². The predicted molar refractivity (Wildman–Crippen MR) is 69.1 cm³/mol. The quantitative estimate of drug-likeness (QED) is 0.791. The average Bonchev–Trinajstić information content (AvgIpc) is 3.12. The lowest BCUT2D eigenvalue weighted by atomic mass is 9.96. The number of carbonyl (C=O) groups excluding carboxylic acids is 2. The number of urea groups is 1.